The van der Waals surface area contributed by atoms with E-state index in [9.17, 15) is 9.59 Å². The molecule has 0 heterocycles. The number of carbonyl (C=O) groups excluding carboxylic acids is 2. The van der Waals surface area contributed by atoms with Crippen LogP contribution in [0.1, 0.15) is 19.4 Å². The van der Waals surface area contributed by atoms with Gasteiger partial charge in [-0.3, -0.25) is 14.5 Å². The van der Waals surface area contributed by atoms with Gasteiger partial charge in [-0.05, 0) is 50.2 Å². The third-order valence-corrected chi connectivity index (χ3v) is 4.67. The maximum absolute atomic E-state index is 12.4. The van der Waals surface area contributed by atoms with Gasteiger partial charge in [-0.1, -0.05) is 48.3 Å². The van der Waals surface area contributed by atoms with E-state index in [1.807, 2.05) is 31.2 Å². The molecule has 2 N–H and O–H groups in total. The van der Waals surface area contributed by atoms with Crippen LogP contribution in [-0.4, -0.2) is 36.3 Å². The number of nitrogens with one attached hydrogen (secondary N) is 2. The summed E-state index contributed by atoms with van der Waals surface area (Å²) in [6.45, 7) is 3.85. The second-order valence-corrected chi connectivity index (χ2v) is 7.17. The Balaban J connectivity index is 1.94. The zero-order valence-electron chi connectivity index (χ0n) is 15.6. The van der Waals surface area contributed by atoms with E-state index in [1.165, 1.54) is 0 Å². The standard InChI is InChI=1S/C20H23Cl2N3O2/c1-4-14-7-5-6-8-18(14)24-19(26)12-25(3)13(2)20(27)23-17-10-15(21)9-16(22)11-17/h5-11,13H,4,12H2,1-3H3,(H,23,27)(H,24,26)/t13-/m1/s1. The lowest BCUT2D eigenvalue weighted by Gasteiger charge is -2.23. The molecule has 144 valence electrons. The summed E-state index contributed by atoms with van der Waals surface area (Å²) in [4.78, 5) is 26.5. The van der Waals surface area contributed by atoms with Crippen LogP contribution in [0.4, 0.5) is 11.4 Å². The fraction of sp³-hybridized carbons (Fsp3) is 0.300. The molecule has 0 unspecified atom stereocenters. The fourth-order valence-electron chi connectivity index (χ4n) is 2.58. The highest BCUT2D eigenvalue weighted by molar-refractivity contribution is 6.35. The van der Waals surface area contributed by atoms with Crippen molar-refractivity contribution in [3.05, 3.63) is 58.1 Å². The van der Waals surface area contributed by atoms with Crippen LogP contribution in [-0.2, 0) is 16.0 Å². The molecule has 0 saturated carbocycles. The topological polar surface area (TPSA) is 61.4 Å². The number of anilines is 2. The number of nitrogens with zero attached hydrogens (tertiary/aromatic N) is 1. The molecule has 0 aliphatic carbocycles. The van der Waals surface area contributed by atoms with Crippen LogP contribution >= 0.6 is 23.2 Å². The number of hydrogen-bond donors (Lipinski definition) is 2. The molecule has 0 aromatic heterocycles. The first-order chi connectivity index (χ1) is 12.8. The number of benzene rings is 2. The highest BCUT2D eigenvalue weighted by atomic mass is 35.5. The number of amides is 2. The lowest BCUT2D eigenvalue weighted by atomic mass is 10.1. The highest BCUT2D eigenvalue weighted by Gasteiger charge is 2.20. The van der Waals surface area contributed by atoms with Crippen molar-refractivity contribution < 1.29 is 9.59 Å². The minimum Gasteiger partial charge on any atom is -0.325 e. The van der Waals surface area contributed by atoms with E-state index in [4.69, 9.17) is 23.2 Å². The monoisotopic (exact) mass is 407 g/mol. The molecule has 0 aliphatic rings. The number of rotatable bonds is 7. The molecule has 0 spiro atoms. The molecule has 2 aromatic carbocycles. The van der Waals surface area contributed by atoms with E-state index in [-0.39, 0.29) is 18.4 Å². The van der Waals surface area contributed by atoms with Gasteiger partial charge in [-0.15, -0.1) is 0 Å². The summed E-state index contributed by atoms with van der Waals surface area (Å²) in [6, 6.07) is 12.0. The largest absolute Gasteiger partial charge is 0.325 e. The summed E-state index contributed by atoms with van der Waals surface area (Å²) < 4.78 is 0. The van der Waals surface area contributed by atoms with Gasteiger partial charge in [0.25, 0.3) is 0 Å². The van der Waals surface area contributed by atoms with E-state index >= 15 is 0 Å². The summed E-state index contributed by atoms with van der Waals surface area (Å²) in [5.41, 5.74) is 2.38. The summed E-state index contributed by atoms with van der Waals surface area (Å²) in [5, 5.41) is 6.54. The Labute approximate surface area is 169 Å². The molecular weight excluding hydrogens is 385 g/mol. The van der Waals surface area contributed by atoms with Gasteiger partial charge >= 0.3 is 0 Å². The van der Waals surface area contributed by atoms with E-state index in [0.29, 0.717) is 15.7 Å². The second kappa shape index (κ2) is 9.74. The number of carbonyl (C=O) groups is 2. The van der Waals surface area contributed by atoms with E-state index in [0.717, 1.165) is 17.7 Å². The molecule has 2 amide bonds. The van der Waals surface area contributed by atoms with Crippen LogP contribution in [0, 0.1) is 0 Å². The minimum atomic E-state index is -0.519. The molecule has 0 bridgehead atoms. The van der Waals surface area contributed by atoms with Gasteiger partial charge in [0, 0.05) is 21.4 Å². The van der Waals surface area contributed by atoms with Crippen molar-refractivity contribution in [2.75, 3.05) is 24.2 Å². The fourth-order valence-corrected chi connectivity index (χ4v) is 3.10. The quantitative estimate of drug-likeness (QED) is 0.712. The summed E-state index contributed by atoms with van der Waals surface area (Å²) in [5.74, 6) is -0.429. The van der Waals surface area contributed by atoms with E-state index < -0.39 is 6.04 Å². The van der Waals surface area contributed by atoms with Crippen LogP contribution < -0.4 is 10.6 Å². The minimum absolute atomic E-state index is 0.0862. The van der Waals surface area contributed by atoms with Crippen molar-refractivity contribution in [1.29, 1.82) is 0 Å². The third-order valence-electron chi connectivity index (χ3n) is 4.24. The van der Waals surface area contributed by atoms with Gasteiger partial charge in [-0.25, -0.2) is 0 Å². The van der Waals surface area contributed by atoms with Crippen LogP contribution in [0.25, 0.3) is 0 Å². The van der Waals surface area contributed by atoms with Gasteiger partial charge in [0.05, 0.1) is 12.6 Å². The van der Waals surface area contributed by atoms with Crippen molar-refractivity contribution in [3.63, 3.8) is 0 Å². The normalized spacial score (nSPS) is 11.9. The maximum atomic E-state index is 12.4. The zero-order chi connectivity index (χ0) is 20.0. The lowest BCUT2D eigenvalue weighted by molar-refractivity contribution is -0.122. The molecule has 0 radical (unpaired) electrons. The molecule has 2 rings (SSSR count). The van der Waals surface area contributed by atoms with Crippen LogP contribution in [0.5, 0.6) is 0 Å². The molecular formula is C20H23Cl2N3O2. The molecule has 2 aromatic rings. The number of aryl methyl sites for hydroxylation is 1. The van der Waals surface area contributed by atoms with Gasteiger partial charge in [0.2, 0.25) is 11.8 Å². The van der Waals surface area contributed by atoms with Crippen molar-refractivity contribution in [3.8, 4) is 0 Å². The van der Waals surface area contributed by atoms with Crippen molar-refractivity contribution >= 4 is 46.4 Å². The number of hydrogen-bond acceptors (Lipinski definition) is 3. The SMILES string of the molecule is CCc1ccccc1NC(=O)CN(C)[C@H](C)C(=O)Nc1cc(Cl)cc(Cl)c1. The summed E-state index contributed by atoms with van der Waals surface area (Å²) in [7, 11) is 1.72. The van der Waals surface area contributed by atoms with Gasteiger partial charge in [0.1, 0.15) is 0 Å². The highest BCUT2D eigenvalue weighted by Crippen LogP contribution is 2.22. The molecule has 27 heavy (non-hydrogen) atoms. The Bertz CT molecular complexity index is 806. The van der Waals surface area contributed by atoms with Crippen molar-refractivity contribution in [2.24, 2.45) is 0 Å². The van der Waals surface area contributed by atoms with E-state index in [1.54, 1.807) is 37.1 Å². The molecule has 5 nitrogen and oxygen atoms in total. The van der Waals surface area contributed by atoms with Gasteiger partial charge in [0.15, 0.2) is 0 Å². The number of para-hydroxylation sites is 1. The predicted molar refractivity (Wildman–Crippen MR) is 112 cm³/mol. The Kier molecular flexibility index (Phi) is 7.66. The van der Waals surface area contributed by atoms with Crippen LogP contribution in [0.3, 0.4) is 0 Å². The Morgan fingerprint density at radius 3 is 2.33 bits per heavy atom. The maximum Gasteiger partial charge on any atom is 0.241 e. The molecule has 0 aliphatic heterocycles. The average molecular weight is 408 g/mol. The molecule has 7 heteroatoms. The molecule has 0 fully saturated rings. The van der Waals surface area contributed by atoms with Crippen LogP contribution in [0.2, 0.25) is 10.0 Å². The Morgan fingerprint density at radius 1 is 1.07 bits per heavy atom. The van der Waals surface area contributed by atoms with Crippen molar-refractivity contribution in [1.82, 2.24) is 4.90 Å². The zero-order valence-corrected chi connectivity index (χ0v) is 17.1. The van der Waals surface area contributed by atoms with Crippen LogP contribution in [0.15, 0.2) is 42.5 Å². The number of likely N-dealkylation sites (N-methyl/N-ethyl adjacent to an activating group) is 1. The lowest BCUT2D eigenvalue weighted by Crippen LogP contribution is -2.43. The smallest absolute Gasteiger partial charge is 0.241 e. The van der Waals surface area contributed by atoms with Gasteiger partial charge in [-0.2, -0.15) is 0 Å². The van der Waals surface area contributed by atoms with E-state index in [2.05, 4.69) is 10.6 Å². The number of halogens is 2. The molecule has 0 saturated heterocycles. The summed E-state index contributed by atoms with van der Waals surface area (Å²) >= 11 is 11.9. The van der Waals surface area contributed by atoms with Gasteiger partial charge < -0.3 is 10.6 Å². The first-order valence-electron chi connectivity index (χ1n) is 8.65. The Morgan fingerprint density at radius 2 is 1.70 bits per heavy atom. The average Bonchev–Trinajstić information content (AvgIpc) is 2.60. The molecule has 1 atom stereocenters. The summed E-state index contributed by atoms with van der Waals surface area (Å²) in [6.07, 6.45) is 0.827. The first-order valence-corrected chi connectivity index (χ1v) is 9.40. The third kappa shape index (κ3) is 6.24. The first kappa shape index (κ1) is 21.2. The Hall–Kier alpha value is -2.08. The predicted octanol–water partition coefficient (Wildman–Crippen LogP) is 4.45. The van der Waals surface area contributed by atoms with Crippen molar-refractivity contribution in [2.45, 2.75) is 26.3 Å². The second-order valence-electron chi connectivity index (χ2n) is 6.30.